The molecule has 8 unspecified atom stereocenters. The maximum Gasteiger partial charge on any atom is 0.0571 e. The van der Waals surface area contributed by atoms with Crippen LogP contribution in [0.3, 0.4) is 0 Å². The fraction of sp³-hybridized carbons (Fsp3) is 1.00. The summed E-state index contributed by atoms with van der Waals surface area (Å²) in [4.78, 5) is 0. The van der Waals surface area contributed by atoms with Crippen LogP contribution in [0.4, 0.5) is 0 Å². The van der Waals surface area contributed by atoms with Gasteiger partial charge in [0.25, 0.3) is 0 Å². The van der Waals surface area contributed by atoms with E-state index < -0.39 is 0 Å². The van der Waals surface area contributed by atoms with Crippen LogP contribution in [-0.4, -0.2) is 24.9 Å². The van der Waals surface area contributed by atoms with Crippen LogP contribution in [0, 0.1) is 40.4 Å². The average molecular weight is 419 g/mol. The zero-order valence-electron chi connectivity index (χ0n) is 20.3. The van der Waals surface area contributed by atoms with Crippen LogP contribution in [0.1, 0.15) is 117 Å². The van der Waals surface area contributed by atoms with Gasteiger partial charge in [0.15, 0.2) is 0 Å². The van der Waals surface area contributed by atoms with E-state index in [1.807, 2.05) is 7.11 Å². The molecule has 0 aliphatic heterocycles. The fourth-order valence-electron chi connectivity index (χ4n) is 9.28. The summed E-state index contributed by atoms with van der Waals surface area (Å²) >= 11 is 0. The van der Waals surface area contributed by atoms with Crippen LogP contribution in [0.2, 0.25) is 0 Å². The lowest BCUT2D eigenvalue weighted by Crippen LogP contribution is -2.47. The lowest BCUT2D eigenvalue weighted by atomic mass is 9.50. The van der Waals surface area contributed by atoms with Crippen molar-refractivity contribution in [2.75, 3.05) is 13.7 Å². The summed E-state index contributed by atoms with van der Waals surface area (Å²) in [6, 6.07) is 0. The zero-order valence-corrected chi connectivity index (χ0v) is 20.3. The van der Waals surface area contributed by atoms with Gasteiger partial charge in [0, 0.05) is 13.7 Å². The standard InChI is InChI=1S/C28H50O2/c1-27-18-16-23(30-3)14-12-22(27)10-8-11-24-25-15-13-21(9-6-4-5-7-20-29)28(25,2)19-17-26(24)27/h21-26,29H,4-20H2,1-3H3. The largest absolute Gasteiger partial charge is 0.396 e. The minimum atomic E-state index is 0.372. The van der Waals surface area contributed by atoms with Crippen molar-refractivity contribution in [3.63, 3.8) is 0 Å². The predicted octanol–water partition coefficient (Wildman–Crippen LogP) is 7.38. The molecule has 0 amide bonds. The topological polar surface area (TPSA) is 29.5 Å². The third-order valence-electron chi connectivity index (χ3n) is 11.1. The second kappa shape index (κ2) is 9.82. The number of rotatable bonds is 7. The number of methoxy groups -OCH3 is 1. The summed E-state index contributed by atoms with van der Waals surface area (Å²) in [6.45, 7) is 5.80. The molecular weight excluding hydrogens is 368 g/mol. The molecule has 2 heteroatoms. The van der Waals surface area contributed by atoms with Gasteiger partial charge < -0.3 is 9.84 Å². The molecule has 0 heterocycles. The molecule has 4 aliphatic rings. The first-order valence-electron chi connectivity index (χ1n) is 13.7. The fourth-order valence-corrected chi connectivity index (χ4v) is 9.28. The molecule has 4 aliphatic carbocycles. The molecule has 0 aromatic rings. The predicted molar refractivity (Wildman–Crippen MR) is 125 cm³/mol. The Hall–Kier alpha value is -0.0800. The number of unbranched alkanes of at least 4 members (excludes halogenated alkanes) is 3. The van der Waals surface area contributed by atoms with Crippen LogP contribution in [-0.2, 0) is 4.74 Å². The first-order valence-corrected chi connectivity index (χ1v) is 13.7. The number of hydrogen-bond acceptors (Lipinski definition) is 2. The van der Waals surface area contributed by atoms with E-state index in [-0.39, 0.29) is 0 Å². The molecule has 0 aromatic heterocycles. The Morgan fingerprint density at radius 1 is 0.767 bits per heavy atom. The van der Waals surface area contributed by atoms with Gasteiger partial charge in [-0.2, -0.15) is 0 Å². The summed E-state index contributed by atoms with van der Waals surface area (Å²) in [6.07, 6.45) is 22.8. The van der Waals surface area contributed by atoms with Crippen molar-refractivity contribution in [3.05, 3.63) is 0 Å². The molecule has 1 N–H and O–H groups in total. The third-order valence-corrected chi connectivity index (χ3v) is 11.1. The summed E-state index contributed by atoms with van der Waals surface area (Å²) in [7, 11) is 1.94. The van der Waals surface area contributed by atoms with E-state index in [2.05, 4.69) is 13.8 Å². The second-order valence-corrected chi connectivity index (χ2v) is 12.2. The quantitative estimate of drug-likeness (QED) is 0.437. The molecule has 4 rings (SSSR count). The molecule has 4 saturated carbocycles. The third kappa shape index (κ3) is 4.26. The van der Waals surface area contributed by atoms with Crippen molar-refractivity contribution in [1.29, 1.82) is 0 Å². The van der Waals surface area contributed by atoms with E-state index in [0.717, 1.165) is 36.0 Å². The smallest absolute Gasteiger partial charge is 0.0571 e. The first kappa shape index (κ1) is 23.1. The molecule has 0 spiro atoms. The van der Waals surface area contributed by atoms with E-state index in [1.54, 1.807) is 0 Å². The van der Waals surface area contributed by atoms with Gasteiger partial charge in [-0.05, 0) is 117 Å². The number of hydrogen-bond donors (Lipinski definition) is 1. The lowest BCUT2D eigenvalue weighted by Gasteiger charge is -2.54. The van der Waals surface area contributed by atoms with Crippen molar-refractivity contribution in [2.24, 2.45) is 40.4 Å². The molecule has 0 aromatic carbocycles. The van der Waals surface area contributed by atoms with Gasteiger partial charge in [-0.3, -0.25) is 0 Å². The van der Waals surface area contributed by atoms with Crippen molar-refractivity contribution in [2.45, 2.75) is 123 Å². The van der Waals surface area contributed by atoms with Crippen molar-refractivity contribution in [1.82, 2.24) is 0 Å². The Kier molecular flexibility index (Phi) is 7.56. The van der Waals surface area contributed by atoms with E-state index in [1.165, 1.54) is 96.3 Å². The highest BCUT2D eigenvalue weighted by Gasteiger charge is 2.58. The van der Waals surface area contributed by atoms with E-state index >= 15 is 0 Å². The normalized spacial score (nSPS) is 46.4. The zero-order chi connectivity index (χ0) is 21.2. The number of fused-ring (bicyclic) bond motifs is 5. The summed E-state index contributed by atoms with van der Waals surface area (Å²) in [5, 5.41) is 9.05. The van der Waals surface area contributed by atoms with Gasteiger partial charge in [0.05, 0.1) is 6.10 Å². The van der Waals surface area contributed by atoms with Gasteiger partial charge >= 0.3 is 0 Å². The molecule has 30 heavy (non-hydrogen) atoms. The summed E-state index contributed by atoms with van der Waals surface area (Å²) in [5.74, 6) is 4.88. The highest BCUT2D eigenvalue weighted by atomic mass is 16.5. The Morgan fingerprint density at radius 3 is 2.33 bits per heavy atom. The highest BCUT2D eigenvalue weighted by Crippen LogP contribution is 2.66. The van der Waals surface area contributed by atoms with Crippen LogP contribution in [0.5, 0.6) is 0 Å². The molecule has 174 valence electrons. The maximum absolute atomic E-state index is 9.05. The SMILES string of the molecule is COC1CCC2CCCC3C(CCC4(C)C(CCCCCCO)CCC34)C2(C)CC1. The van der Waals surface area contributed by atoms with E-state index in [9.17, 15) is 0 Å². The van der Waals surface area contributed by atoms with E-state index in [0.29, 0.717) is 23.5 Å². The van der Waals surface area contributed by atoms with Gasteiger partial charge in [-0.25, -0.2) is 0 Å². The van der Waals surface area contributed by atoms with Crippen molar-refractivity contribution < 1.29 is 9.84 Å². The van der Waals surface area contributed by atoms with Crippen LogP contribution in [0.25, 0.3) is 0 Å². The van der Waals surface area contributed by atoms with Crippen LogP contribution < -0.4 is 0 Å². The second-order valence-electron chi connectivity index (χ2n) is 12.2. The van der Waals surface area contributed by atoms with Crippen molar-refractivity contribution in [3.8, 4) is 0 Å². The van der Waals surface area contributed by atoms with E-state index in [4.69, 9.17) is 9.84 Å². The van der Waals surface area contributed by atoms with Gasteiger partial charge in [-0.15, -0.1) is 0 Å². The molecule has 0 radical (unpaired) electrons. The first-order chi connectivity index (χ1) is 14.5. The van der Waals surface area contributed by atoms with Crippen LogP contribution in [0.15, 0.2) is 0 Å². The van der Waals surface area contributed by atoms with Crippen molar-refractivity contribution >= 4 is 0 Å². The van der Waals surface area contributed by atoms with Gasteiger partial charge in [-0.1, -0.05) is 39.5 Å². The summed E-state index contributed by atoms with van der Waals surface area (Å²) < 4.78 is 5.84. The Labute approximate surface area is 186 Å². The average Bonchev–Trinajstić information content (AvgIpc) is 2.89. The summed E-state index contributed by atoms with van der Waals surface area (Å²) in [5.41, 5.74) is 1.19. The minimum Gasteiger partial charge on any atom is -0.396 e. The van der Waals surface area contributed by atoms with Gasteiger partial charge in [0.1, 0.15) is 0 Å². The molecule has 4 fully saturated rings. The Balaban J connectivity index is 1.45. The number of ether oxygens (including phenoxy) is 1. The Bertz CT molecular complexity index is 547. The minimum absolute atomic E-state index is 0.372. The number of aliphatic hydroxyl groups is 1. The van der Waals surface area contributed by atoms with Gasteiger partial charge in [0.2, 0.25) is 0 Å². The lowest BCUT2D eigenvalue weighted by molar-refractivity contribution is -0.0575. The molecule has 2 nitrogen and oxygen atoms in total. The number of aliphatic hydroxyl groups excluding tert-OH is 1. The highest BCUT2D eigenvalue weighted by molar-refractivity contribution is 5.07. The van der Waals surface area contributed by atoms with Crippen LogP contribution >= 0.6 is 0 Å². The monoisotopic (exact) mass is 418 g/mol. The maximum atomic E-state index is 9.05. The molecule has 0 bridgehead atoms. The molecule has 0 saturated heterocycles. The Morgan fingerprint density at radius 2 is 1.53 bits per heavy atom. The molecule has 8 atom stereocenters. The molecular formula is C28H50O2.